The Morgan fingerprint density at radius 3 is 2.18 bits per heavy atom. The first kappa shape index (κ1) is 8.04. The lowest BCUT2D eigenvalue weighted by molar-refractivity contribution is -0.128. The normalized spacial score (nSPS) is 18.7. The zero-order valence-electron chi connectivity index (χ0n) is 6.73. The third-order valence-corrected chi connectivity index (χ3v) is 1.83. The monoisotopic (exact) mass is 156 g/mol. The number of likely N-dealkylation sites (N-methyl/N-ethyl adjacent to an activating group) is 1. The van der Waals surface area contributed by atoms with E-state index in [1.54, 1.807) is 7.05 Å². The molecule has 0 aromatic carbocycles. The number of carbonyl (C=O) groups is 2. The van der Waals surface area contributed by atoms with Gasteiger partial charge in [-0.15, -0.1) is 0 Å². The zero-order valence-corrected chi connectivity index (χ0v) is 6.73. The van der Waals surface area contributed by atoms with Gasteiger partial charge in [-0.05, 0) is 12.8 Å². The summed E-state index contributed by atoms with van der Waals surface area (Å²) in [5, 5.41) is 5.15. The lowest BCUT2D eigenvalue weighted by Gasteiger charge is -2.13. The van der Waals surface area contributed by atoms with Gasteiger partial charge in [-0.3, -0.25) is 9.59 Å². The molecule has 11 heavy (non-hydrogen) atoms. The van der Waals surface area contributed by atoms with Crippen LogP contribution in [0.2, 0.25) is 0 Å². The van der Waals surface area contributed by atoms with E-state index in [1.807, 2.05) is 0 Å². The molecule has 2 N–H and O–H groups in total. The lowest BCUT2D eigenvalue weighted by Crippen LogP contribution is -2.47. The molecule has 0 spiro atoms. The Hall–Kier alpha value is -1.06. The van der Waals surface area contributed by atoms with E-state index in [2.05, 4.69) is 10.6 Å². The van der Waals surface area contributed by atoms with Gasteiger partial charge in [-0.2, -0.15) is 0 Å². The van der Waals surface area contributed by atoms with E-state index >= 15 is 0 Å². The van der Waals surface area contributed by atoms with Gasteiger partial charge in [0, 0.05) is 14.0 Å². The fourth-order valence-corrected chi connectivity index (χ4v) is 1.11. The van der Waals surface area contributed by atoms with Crippen LogP contribution in [-0.4, -0.2) is 24.4 Å². The van der Waals surface area contributed by atoms with E-state index in [4.69, 9.17) is 0 Å². The van der Waals surface area contributed by atoms with Crippen molar-refractivity contribution in [3.8, 4) is 0 Å². The Labute approximate surface area is 65.3 Å². The molecule has 1 aliphatic rings. The topological polar surface area (TPSA) is 58.2 Å². The van der Waals surface area contributed by atoms with Crippen molar-refractivity contribution in [2.24, 2.45) is 0 Å². The number of hydrogen-bond acceptors (Lipinski definition) is 2. The minimum absolute atomic E-state index is 0.0901. The van der Waals surface area contributed by atoms with Crippen LogP contribution in [-0.2, 0) is 9.59 Å². The third kappa shape index (κ3) is 1.50. The highest BCUT2D eigenvalue weighted by molar-refractivity contribution is 5.93. The molecule has 2 amide bonds. The highest BCUT2D eigenvalue weighted by Gasteiger charge is 2.50. The van der Waals surface area contributed by atoms with Crippen molar-refractivity contribution in [2.75, 3.05) is 7.05 Å². The number of nitrogens with one attached hydrogen (secondary N) is 2. The summed E-state index contributed by atoms with van der Waals surface area (Å²) in [6.07, 6.45) is 1.51. The summed E-state index contributed by atoms with van der Waals surface area (Å²) in [5.74, 6) is -0.237. The van der Waals surface area contributed by atoms with E-state index < -0.39 is 5.54 Å². The highest BCUT2D eigenvalue weighted by Crippen LogP contribution is 2.35. The first-order valence-electron chi connectivity index (χ1n) is 3.62. The molecule has 0 bridgehead atoms. The van der Waals surface area contributed by atoms with Gasteiger partial charge in [0.05, 0.1) is 0 Å². The van der Waals surface area contributed by atoms with Gasteiger partial charge in [-0.25, -0.2) is 0 Å². The van der Waals surface area contributed by atoms with Gasteiger partial charge in [0.1, 0.15) is 5.54 Å². The number of rotatable bonds is 2. The van der Waals surface area contributed by atoms with Gasteiger partial charge in [0.25, 0.3) is 0 Å². The largest absolute Gasteiger partial charge is 0.357 e. The molecular weight excluding hydrogens is 144 g/mol. The summed E-state index contributed by atoms with van der Waals surface area (Å²) < 4.78 is 0. The Morgan fingerprint density at radius 1 is 1.36 bits per heavy atom. The standard InChI is InChI=1S/C7H12N2O2/c1-5(10)9-7(3-4-7)6(11)8-2/h3-4H2,1-2H3,(H,8,11)(H,9,10). The molecule has 1 rings (SSSR count). The molecule has 4 heteroatoms. The maximum Gasteiger partial charge on any atom is 0.245 e. The Bertz CT molecular complexity index is 197. The van der Waals surface area contributed by atoms with Crippen LogP contribution in [0.4, 0.5) is 0 Å². The van der Waals surface area contributed by atoms with Crippen molar-refractivity contribution >= 4 is 11.8 Å². The summed E-state index contributed by atoms with van der Waals surface area (Å²) in [5.41, 5.74) is -0.569. The molecule has 0 saturated heterocycles. The van der Waals surface area contributed by atoms with Crippen molar-refractivity contribution in [2.45, 2.75) is 25.3 Å². The average Bonchev–Trinajstić information content (AvgIpc) is 2.67. The Morgan fingerprint density at radius 2 is 1.91 bits per heavy atom. The molecule has 0 unspecified atom stereocenters. The van der Waals surface area contributed by atoms with Crippen LogP contribution in [0.15, 0.2) is 0 Å². The second kappa shape index (κ2) is 2.53. The van der Waals surface area contributed by atoms with Crippen LogP contribution >= 0.6 is 0 Å². The average molecular weight is 156 g/mol. The van der Waals surface area contributed by atoms with Crippen molar-refractivity contribution in [3.63, 3.8) is 0 Å². The minimum Gasteiger partial charge on any atom is -0.357 e. The van der Waals surface area contributed by atoms with E-state index in [0.717, 1.165) is 12.8 Å². The summed E-state index contributed by atoms with van der Waals surface area (Å²) in [4.78, 5) is 21.7. The van der Waals surface area contributed by atoms with E-state index in [0.29, 0.717) is 0 Å². The maximum atomic E-state index is 11.1. The first-order chi connectivity index (χ1) is 5.10. The smallest absolute Gasteiger partial charge is 0.245 e. The molecule has 62 valence electrons. The molecule has 1 aliphatic carbocycles. The Kier molecular flexibility index (Phi) is 1.85. The van der Waals surface area contributed by atoms with Gasteiger partial charge in [-0.1, -0.05) is 0 Å². The highest BCUT2D eigenvalue weighted by atomic mass is 16.2. The quantitative estimate of drug-likeness (QED) is 0.561. The van der Waals surface area contributed by atoms with E-state index in [9.17, 15) is 9.59 Å². The summed E-state index contributed by atoms with van der Waals surface area (Å²) >= 11 is 0. The van der Waals surface area contributed by atoms with Crippen molar-refractivity contribution in [3.05, 3.63) is 0 Å². The van der Waals surface area contributed by atoms with E-state index in [1.165, 1.54) is 6.92 Å². The predicted molar refractivity (Wildman–Crippen MR) is 39.8 cm³/mol. The predicted octanol–water partition coefficient (Wildman–Crippen LogP) is -0.599. The van der Waals surface area contributed by atoms with Gasteiger partial charge < -0.3 is 10.6 Å². The molecule has 0 aromatic heterocycles. The van der Waals surface area contributed by atoms with Gasteiger partial charge in [0.2, 0.25) is 11.8 Å². The summed E-state index contributed by atoms with van der Waals surface area (Å²) in [6.45, 7) is 1.42. The van der Waals surface area contributed by atoms with Crippen LogP contribution in [0.25, 0.3) is 0 Å². The van der Waals surface area contributed by atoms with Crippen LogP contribution in [0, 0.1) is 0 Å². The van der Waals surface area contributed by atoms with Crippen LogP contribution in [0.5, 0.6) is 0 Å². The van der Waals surface area contributed by atoms with Crippen molar-refractivity contribution in [1.29, 1.82) is 0 Å². The lowest BCUT2D eigenvalue weighted by atomic mass is 10.2. The third-order valence-electron chi connectivity index (χ3n) is 1.83. The van der Waals surface area contributed by atoms with Gasteiger partial charge in [0.15, 0.2) is 0 Å². The summed E-state index contributed by atoms with van der Waals surface area (Å²) in [6, 6.07) is 0. The molecular formula is C7H12N2O2. The molecule has 1 saturated carbocycles. The summed E-state index contributed by atoms with van der Waals surface area (Å²) in [7, 11) is 1.57. The first-order valence-corrected chi connectivity index (χ1v) is 3.62. The second-order valence-electron chi connectivity index (χ2n) is 2.84. The van der Waals surface area contributed by atoms with Crippen LogP contribution in [0.3, 0.4) is 0 Å². The number of carbonyl (C=O) groups excluding carboxylic acids is 2. The SMILES string of the molecule is CNC(=O)C1(NC(C)=O)CC1. The molecule has 0 heterocycles. The van der Waals surface area contributed by atoms with Crippen molar-refractivity contribution < 1.29 is 9.59 Å². The molecule has 0 atom stereocenters. The van der Waals surface area contributed by atoms with Crippen molar-refractivity contribution in [1.82, 2.24) is 10.6 Å². The minimum atomic E-state index is -0.569. The van der Waals surface area contributed by atoms with Gasteiger partial charge >= 0.3 is 0 Å². The molecule has 1 fully saturated rings. The number of amides is 2. The fourth-order valence-electron chi connectivity index (χ4n) is 1.11. The van der Waals surface area contributed by atoms with Crippen LogP contribution in [0.1, 0.15) is 19.8 Å². The fraction of sp³-hybridized carbons (Fsp3) is 0.714. The Balaban J connectivity index is 2.53. The second-order valence-corrected chi connectivity index (χ2v) is 2.84. The molecule has 0 aliphatic heterocycles. The maximum absolute atomic E-state index is 11.1. The molecule has 4 nitrogen and oxygen atoms in total. The molecule has 0 radical (unpaired) electrons. The van der Waals surface area contributed by atoms with Crippen LogP contribution < -0.4 is 10.6 Å². The number of hydrogen-bond donors (Lipinski definition) is 2. The van der Waals surface area contributed by atoms with E-state index in [-0.39, 0.29) is 11.8 Å². The zero-order chi connectivity index (χ0) is 8.48. The molecule has 0 aromatic rings.